The van der Waals surface area contributed by atoms with Crippen LogP contribution < -0.4 is 0 Å². The van der Waals surface area contributed by atoms with E-state index in [0.29, 0.717) is 24.1 Å². The number of hydrogen-bond acceptors (Lipinski definition) is 3. The molecule has 3 heterocycles. The monoisotopic (exact) mass is 389 g/mol. The van der Waals surface area contributed by atoms with Crippen LogP contribution in [0.15, 0.2) is 48.7 Å². The van der Waals surface area contributed by atoms with Crippen LogP contribution in [-0.4, -0.2) is 46.2 Å². The van der Waals surface area contributed by atoms with E-state index in [2.05, 4.69) is 28.9 Å². The molecule has 1 aliphatic carbocycles. The molecule has 150 valence electrons. The lowest BCUT2D eigenvalue weighted by Gasteiger charge is -2.33. The van der Waals surface area contributed by atoms with Gasteiger partial charge in [-0.25, -0.2) is 0 Å². The fraction of sp³-hybridized carbons (Fsp3) is 0.458. The Labute approximate surface area is 171 Å². The zero-order chi connectivity index (χ0) is 20.0. The van der Waals surface area contributed by atoms with Crippen molar-refractivity contribution in [3.05, 3.63) is 65.5 Å². The van der Waals surface area contributed by atoms with Crippen LogP contribution in [0.4, 0.5) is 0 Å². The van der Waals surface area contributed by atoms with Gasteiger partial charge in [0.25, 0.3) is 5.91 Å². The number of hydrogen-bond donors (Lipinski definition) is 0. The molecular weight excluding hydrogens is 362 g/mol. The van der Waals surface area contributed by atoms with Crippen molar-refractivity contribution < 1.29 is 9.59 Å². The Morgan fingerprint density at radius 3 is 2.48 bits per heavy atom. The first-order valence-corrected chi connectivity index (χ1v) is 10.7. The number of fused-ring (bicyclic) bond motifs is 1. The maximum atomic E-state index is 13.3. The molecule has 3 aliphatic rings. The fourth-order valence-electron chi connectivity index (χ4n) is 5.30. The smallest absolute Gasteiger partial charge is 0.272 e. The van der Waals surface area contributed by atoms with Gasteiger partial charge in [-0.2, -0.15) is 0 Å². The Bertz CT molecular complexity index is 925. The Hall–Kier alpha value is -2.69. The van der Waals surface area contributed by atoms with Gasteiger partial charge in [-0.15, -0.1) is 0 Å². The summed E-state index contributed by atoms with van der Waals surface area (Å²) in [5, 5.41) is 0. The molecule has 1 aromatic heterocycles. The Kier molecular flexibility index (Phi) is 4.61. The number of aryl methyl sites for hydroxylation is 1. The van der Waals surface area contributed by atoms with E-state index in [9.17, 15) is 9.59 Å². The van der Waals surface area contributed by atoms with Gasteiger partial charge in [0.2, 0.25) is 5.91 Å². The Morgan fingerprint density at radius 1 is 1.00 bits per heavy atom. The summed E-state index contributed by atoms with van der Waals surface area (Å²) in [5.41, 5.74) is 2.89. The van der Waals surface area contributed by atoms with Gasteiger partial charge in [-0.1, -0.05) is 36.8 Å². The first-order valence-electron chi connectivity index (χ1n) is 10.7. The van der Waals surface area contributed by atoms with Crippen LogP contribution in [0.25, 0.3) is 0 Å². The van der Waals surface area contributed by atoms with Crippen molar-refractivity contribution in [3.63, 3.8) is 0 Å². The lowest BCUT2D eigenvalue weighted by Crippen LogP contribution is -2.41. The average Bonchev–Trinajstić information content (AvgIpc) is 3.25. The van der Waals surface area contributed by atoms with E-state index in [1.807, 2.05) is 29.2 Å². The summed E-state index contributed by atoms with van der Waals surface area (Å²) in [6, 6.07) is 13.8. The van der Waals surface area contributed by atoms with Crippen LogP contribution in [0.3, 0.4) is 0 Å². The van der Waals surface area contributed by atoms with Gasteiger partial charge in [-0.05, 0) is 43.0 Å². The zero-order valence-electron chi connectivity index (χ0n) is 16.8. The SMILES string of the molecule is Cc1ccccc1[C@@H]1[C@H]2CN(C(=O)C3CCC3)C[C@H]2CN1C(=O)c1ccccn1. The van der Waals surface area contributed by atoms with Crippen molar-refractivity contribution in [2.24, 2.45) is 17.8 Å². The van der Waals surface area contributed by atoms with Crippen molar-refractivity contribution in [1.29, 1.82) is 0 Å². The van der Waals surface area contributed by atoms with Crippen LogP contribution in [0, 0.1) is 24.7 Å². The number of rotatable bonds is 3. The Balaban J connectivity index is 1.46. The van der Waals surface area contributed by atoms with E-state index in [0.717, 1.165) is 25.9 Å². The number of likely N-dealkylation sites (tertiary alicyclic amines) is 2. The van der Waals surface area contributed by atoms with Crippen LogP contribution in [0.5, 0.6) is 0 Å². The summed E-state index contributed by atoms with van der Waals surface area (Å²) < 4.78 is 0. The average molecular weight is 389 g/mol. The second-order valence-corrected chi connectivity index (χ2v) is 8.77. The number of carbonyl (C=O) groups excluding carboxylic acids is 2. The summed E-state index contributed by atoms with van der Waals surface area (Å²) in [5.74, 6) is 1.17. The van der Waals surface area contributed by atoms with Crippen LogP contribution in [0.2, 0.25) is 0 Å². The summed E-state index contributed by atoms with van der Waals surface area (Å²) in [6.07, 6.45) is 4.92. The lowest BCUT2D eigenvalue weighted by molar-refractivity contribution is -0.137. The zero-order valence-corrected chi connectivity index (χ0v) is 16.8. The number of amides is 2. The molecule has 0 N–H and O–H groups in total. The molecule has 5 nitrogen and oxygen atoms in total. The second-order valence-electron chi connectivity index (χ2n) is 8.77. The molecular formula is C24H27N3O2. The molecule has 29 heavy (non-hydrogen) atoms. The maximum absolute atomic E-state index is 13.3. The first-order chi connectivity index (χ1) is 14.1. The molecule has 1 saturated carbocycles. The van der Waals surface area contributed by atoms with Crippen molar-refractivity contribution in [3.8, 4) is 0 Å². The van der Waals surface area contributed by atoms with E-state index in [-0.39, 0.29) is 23.8 Å². The molecule has 0 spiro atoms. The number of carbonyl (C=O) groups is 2. The minimum absolute atomic E-state index is 0.00473. The molecule has 3 atom stereocenters. The number of pyridine rings is 1. The highest BCUT2D eigenvalue weighted by atomic mass is 16.2. The topological polar surface area (TPSA) is 53.5 Å². The molecule has 1 aromatic carbocycles. The Morgan fingerprint density at radius 2 is 1.79 bits per heavy atom. The highest BCUT2D eigenvalue weighted by molar-refractivity contribution is 5.93. The number of benzene rings is 1. The van der Waals surface area contributed by atoms with E-state index in [1.54, 1.807) is 12.3 Å². The molecule has 3 fully saturated rings. The number of nitrogens with zero attached hydrogens (tertiary/aromatic N) is 3. The predicted octanol–water partition coefficient (Wildman–Crippen LogP) is 3.46. The standard InChI is InChI=1S/C24H27N3O2/c1-16-7-2-3-10-19(16)22-20-15-26(23(28)17-8-6-9-17)13-18(20)14-27(22)24(29)21-11-4-5-12-25-21/h2-5,7,10-12,17-18,20,22H,6,8-9,13-15H2,1H3/t18-,20-,22+/m0/s1. The minimum atomic E-state index is -0.00915. The van der Waals surface area contributed by atoms with E-state index < -0.39 is 0 Å². The number of aromatic nitrogens is 1. The van der Waals surface area contributed by atoms with Crippen molar-refractivity contribution >= 4 is 11.8 Å². The molecule has 0 unspecified atom stereocenters. The van der Waals surface area contributed by atoms with E-state index >= 15 is 0 Å². The maximum Gasteiger partial charge on any atom is 0.272 e. The van der Waals surface area contributed by atoms with Gasteiger partial charge in [0.05, 0.1) is 6.04 Å². The van der Waals surface area contributed by atoms with Crippen LogP contribution in [0.1, 0.15) is 46.9 Å². The molecule has 2 saturated heterocycles. The van der Waals surface area contributed by atoms with Crippen LogP contribution >= 0.6 is 0 Å². The molecule has 2 amide bonds. The van der Waals surface area contributed by atoms with E-state index in [4.69, 9.17) is 0 Å². The normalized spacial score (nSPS) is 26.3. The first kappa shape index (κ1) is 18.3. The summed E-state index contributed by atoms with van der Waals surface area (Å²) in [6.45, 7) is 4.32. The van der Waals surface area contributed by atoms with Gasteiger partial charge in [0, 0.05) is 43.6 Å². The van der Waals surface area contributed by atoms with Crippen LogP contribution in [-0.2, 0) is 4.79 Å². The van der Waals surface area contributed by atoms with Crippen molar-refractivity contribution in [1.82, 2.24) is 14.8 Å². The molecule has 2 aromatic rings. The fourth-order valence-corrected chi connectivity index (χ4v) is 5.30. The molecule has 2 aliphatic heterocycles. The van der Waals surface area contributed by atoms with Gasteiger partial charge in [-0.3, -0.25) is 14.6 Å². The largest absolute Gasteiger partial charge is 0.342 e. The summed E-state index contributed by atoms with van der Waals surface area (Å²) in [7, 11) is 0. The molecule has 0 bridgehead atoms. The van der Waals surface area contributed by atoms with Gasteiger partial charge < -0.3 is 9.80 Å². The molecule has 5 heteroatoms. The predicted molar refractivity (Wildman–Crippen MR) is 110 cm³/mol. The van der Waals surface area contributed by atoms with Gasteiger partial charge in [0.1, 0.15) is 5.69 Å². The highest BCUT2D eigenvalue weighted by Gasteiger charge is 2.51. The highest BCUT2D eigenvalue weighted by Crippen LogP contribution is 2.47. The summed E-state index contributed by atoms with van der Waals surface area (Å²) in [4.78, 5) is 34.6. The van der Waals surface area contributed by atoms with Gasteiger partial charge in [0.15, 0.2) is 0 Å². The van der Waals surface area contributed by atoms with Gasteiger partial charge >= 0.3 is 0 Å². The summed E-state index contributed by atoms with van der Waals surface area (Å²) >= 11 is 0. The molecule has 0 radical (unpaired) electrons. The third-order valence-electron chi connectivity index (χ3n) is 7.08. The van der Waals surface area contributed by atoms with Crippen molar-refractivity contribution in [2.75, 3.05) is 19.6 Å². The lowest BCUT2D eigenvalue weighted by atomic mass is 9.84. The van der Waals surface area contributed by atoms with E-state index in [1.165, 1.54) is 17.5 Å². The second kappa shape index (κ2) is 7.29. The minimum Gasteiger partial charge on any atom is -0.342 e. The van der Waals surface area contributed by atoms with Crippen molar-refractivity contribution in [2.45, 2.75) is 32.2 Å². The third-order valence-corrected chi connectivity index (χ3v) is 7.08. The molecule has 5 rings (SSSR count). The third kappa shape index (κ3) is 3.13. The quantitative estimate of drug-likeness (QED) is 0.808.